The van der Waals surface area contributed by atoms with E-state index in [1.54, 1.807) is 30.3 Å². The van der Waals surface area contributed by atoms with Crippen LogP contribution in [0.3, 0.4) is 0 Å². The molecule has 0 amide bonds. The number of carboxylic acids is 1. The van der Waals surface area contributed by atoms with E-state index in [-0.39, 0.29) is 40.6 Å². The van der Waals surface area contributed by atoms with Crippen LogP contribution in [0.4, 0.5) is 8.78 Å². The summed E-state index contributed by atoms with van der Waals surface area (Å²) in [5, 5.41) is 19.1. The van der Waals surface area contributed by atoms with E-state index in [0.29, 0.717) is 16.7 Å². The van der Waals surface area contributed by atoms with Gasteiger partial charge in [-0.05, 0) is 46.5 Å². The third-order valence-corrected chi connectivity index (χ3v) is 9.41. The Morgan fingerprint density at radius 2 is 1.42 bits per heavy atom. The number of methoxy groups -OCH3 is 1. The molecule has 0 unspecified atom stereocenters. The average molecular weight is 634 g/mol. The third-order valence-electron chi connectivity index (χ3n) is 6.59. The predicted molar refractivity (Wildman–Crippen MR) is 152 cm³/mol. The fourth-order valence-corrected chi connectivity index (χ4v) is 6.33. The van der Waals surface area contributed by atoms with Crippen molar-refractivity contribution in [2.24, 2.45) is 0 Å². The minimum atomic E-state index is -5.79. The molecule has 4 rings (SSSR count). The summed E-state index contributed by atoms with van der Waals surface area (Å²) < 4.78 is 73.6. The molecule has 14 heteroatoms. The topological polar surface area (TPSA) is 162 Å². The first-order valence-corrected chi connectivity index (χ1v) is 15.5. The lowest BCUT2D eigenvalue weighted by atomic mass is 10.0. The zero-order chi connectivity index (χ0) is 31.6. The zero-order valence-electron chi connectivity index (χ0n) is 22.5. The number of hydrogen-bond donors (Lipinski definition) is 4. The monoisotopic (exact) mass is 633 g/mol. The van der Waals surface area contributed by atoms with Gasteiger partial charge in [0, 0.05) is 18.7 Å². The summed E-state index contributed by atoms with van der Waals surface area (Å²) in [4.78, 5) is 29.3. The van der Waals surface area contributed by atoms with Crippen molar-refractivity contribution in [3.63, 3.8) is 0 Å². The first-order chi connectivity index (χ1) is 20.1. The van der Waals surface area contributed by atoms with Gasteiger partial charge in [0.05, 0.1) is 7.11 Å². The van der Waals surface area contributed by atoms with Crippen molar-refractivity contribution in [3.8, 4) is 22.6 Å². The zero-order valence-corrected chi connectivity index (χ0v) is 24.2. The van der Waals surface area contributed by atoms with E-state index in [4.69, 9.17) is 14.5 Å². The van der Waals surface area contributed by atoms with Crippen LogP contribution in [0.5, 0.6) is 11.5 Å². The van der Waals surface area contributed by atoms with Crippen LogP contribution in [-0.2, 0) is 33.3 Å². The van der Waals surface area contributed by atoms with E-state index >= 15 is 0 Å². The molecule has 0 aliphatic heterocycles. The Balaban J connectivity index is 1.69. The molecule has 4 aromatic rings. The number of alkyl halides is 2. The van der Waals surface area contributed by atoms with Crippen LogP contribution in [0.25, 0.3) is 11.1 Å². The van der Waals surface area contributed by atoms with Gasteiger partial charge in [-0.1, -0.05) is 66.7 Å². The second-order valence-corrected chi connectivity index (χ2v) is 13.0. The number of benzene rings is 4. The van der Waals surface area contributed by atoms with E-state index in [1.807, 2.05) is 0 Å². The van der Waals surface area contributed by atoms with Crippen molar-refractivity contribution in [1.29, 1.82) is 0 Å². The van der Waals surface area contributed by atoms with Gasteiger partial charge in [-0.25, -0.2) is 13.2 Å². The maximum atomic E-state index is 14.2. The van der Waals surface area contributed by atoms with Crippen molar-refractivity contribution in [1.82, 2.24) is 4.31 Å². The van der Waals surface area contributed by atoms with Crippen molar-refractivity contribution >= 4 is 23.6 Å². The molecule has 226 valence electrons. The standard InChI is InChI=1S/C29H26F2NO9PS/c1-41-26-4-2-3-5-27(26)43(39,40)32(18-20-8-13-23(14-9-20)29(30,31)42(36,37)38)17-19-6-10-21(11-7-19)22-12-15-25(33)24(16-22)28(34)35/h2-16,33H,17-18H2,1H3,(H,34,35)(H2,36,37,38). The molecule has 4 N–H and O–H groups in total. The van der Waals surface area contributed by atoms with Gasteiger partial charge in [0.25, 0.3) is 0 Å². The molecule has 0 saturated heterocycles. The van der Waals surface area contributed by atoms with Gasteiger partial charge in [0.15, 0.2) is 0 Å². The minimum absolute atomic E-state index is 0.0843. The van der Waals surface area contributed by atoms with Gasteiger partial charge in [0.1, 0.15) is 22.0 Å². The molecule has 0 saturated carbocycles. The highest BCUT2D eigenvalue weighted by atomic mass is 32.2. The molecule has 10 nitrogen and oxygen atoms in total. The van der Waals surface area contributed by atoms with Crippen molar-refractivity contribution in [2.45, 2.75) is 23.6 Å². The number of nitrogens with zero attached hydrogens (tertiary/aromatic N) is 1. The largest absolute Gasteiger partial charge is 0.507 e. The van der Waals surface area contributed by atoms with E-state index in [1.165, 1.54) is 43.5 Å². The molecule has 0 aromatic heterocycles. The van der Waals surface area contributed by atoms with E-state index in [9.17, 15) is 36.8 Å². The van der Waals surface area contributed by atoms with Crippen LogP contribution < -0.4 is 4.74 Å². The Kier molecular flexibility index (Phi) is 9.05. The Labute approximate surface area is 245 Å². The molecule has 4 aromatic carbocycles. The van der Waals surface area contributed by atoms with Gasteiger partial charge in [0.2, 0.25) is 10.0 Å². The molecule has 43 heavy (non-hydrogen) atoms. The summed E-state index contributed by atoms with van der Waals surface area (Å²) in [5.41, 5.74) is -3.70. The number of para-hydroxylation sites is 1. The van der Waals surface area contributed by atoms with Gasteiger partial charge in [-0.2, -0.15) is 13.1 Å². The summed E-state index contributed by atoms with van der Waals surface area (Å²) in [5.74, 6) is -1.60. The lowest BCUT2D eigenvalue weighted by Gasteiger charge is -2.24. The van der Waals surface area contributed by atoms with E-state index < -0.39 is 34.8 Å². The quantitative estimate of drug-likeness (QED) is 0.159. The number of sulfonamides is 1. The first kappa shape index (κ1) is 31.8. The maximum absolute atomic E-state index is 14.2. The molecule has 0 fully saturated rings. The summed E-state index contributed by atoms with van der Waals surface area (Å²) in [6, 6.07) is 20.6. The second-order valence-electron chi connectivity index (χ2n) is 9.44. The number of aromatic hydroxyl groups is 1. The Morgan fingerprint density at radius 3 is 1.95 bits per heavy atom. The Bertz CT molecular complexity index is 1790. The molecule has 0 bridgehead atoms. The predicted octanol–water partition coefficient (Wildman–Crippen LogP) is 5.38. The number of carbonyl (C=O) groups is 1. The summed E-state index contributed by atoms with van der Waals surface area (Å²) in [6.45, 7) is -0.458. The molecule has 0 spiro atoms. The van der Waals surface area contributed by atoms with Crippen LogP contribution in [0.15, 0.2) is 95.9 Å². The second kappa shape index (κ2) is 12.2. The highest BCUT2D eigenvalue weighted by Crippen LogP contribution is 2.59. The van der Waals surface area contributed by atoms with Gasteiger partial charge in [-0.15, -0.1) is 0 Å². The molecule has 0 radical (unpaired) electrons. The van der Waals surface area contributed by atoms with Crippen LogP contribution in [0, 0.1) is 0 Å². The molecule has 0 aliphatic rings. The van der Waals surface area contributed by atoms with E-state index in [0.717, 1.165) is 28.6 Å². The summed E-state index contributed by atoms with van der Waals surface area (Å²) in [6.07, 6.45) is 0. The van der Waals surface area contributed by atoms with E-state index in [2.05, 4.69) is 0 Å². The third kappa shape index (κ3) is 6.76. The van der Waals surface area contributed by atoms with Crippen LogP contribution in [0.2, 0.25) is 0 Å². The molecular weight excluding hydrogens is 607 g/mol. The minimum Gasteiger partial charge on any atom is -0.507 e. The first-order valence-electron chi connectivity index (χ1n) is 12.5. The van der Waals surface area contributed by atoms with Crippen LogP contribution >= 0.6 is 7.60 Å². The number of halogens is 2. The summed E-state index contributed by atoms with van der Waals surface area (Å²) in [7, 11) is -8.71. The van der Waals surface area contributed by atoms with Crippen molar-refractivity contribution in [3.05, 3.63) is 113 Å². The maximum Gasteiger partial charge on any atom is 0.399 e. The van der Waals surface area contributed by atoms with Gasteiger partial charge in [-0.3, -0.25) is 4.57 Å². The normalized spacial score (nSPS) is 12.3. The van der Waals surface area contributed by atoms with Gasteiger partial charge >= 0.3 is 19.2 Å². The Morgan fingerprint density at radius 1 is 0.884 bits per heavy atom. The van der Waals surface area contributed by atoms with Gasteiger partial charge < -0.3 is 24.7 Å². The number of ether oxygens (including phenoxy) is 1. The van der Waals surface area contributed by atoms with Crippen molar-refractivity contribution < 1.29 is 51.3 Å². The number of carboxylic acid groups (broad SMARTS) is 1. The lowest BCUT2D eigenvalue weighted by Crippen LogP contribution is -2.30. The highest BCUT2D eigenvalue weighted by Gasteiger charge is 2.50. The number of aromatic carboxylic acids is 1. The number of rotatable bonds is 11. The lowest BCUT2D eigenvalue weighted by molar-refractivity contribution is 0.0564. The molecule has 0 heterocycles. The number of hydrogen-bond acceptors (Lipinski definition) is 6. The summed E-state index contributed by atoms with van der Waals surface area (Å²) >= 11 is 0. The fourth-order valence-electron chi connectivity index (χ4n) is 4.27. The smallest absolute Gasteiger partial charge is 0.399 e. The average Bonchev–Trinajstić information content (AvgIpc) is 2.97. The van der Waals surface area contributed by atoms with Crippen LogP contribution in [-0.4, -0.2) is 45.8 Å². The van der Waals surface area contributed by atoms with Crippen LogP contribution in [0.1, 0.15) is 27.0 Å². The highest BCUT2D eigenvalue weighted by molar-refractivity contribution is 7.89. The SMILES string of the molecule is COc1ccccc1S(=O)(=O)N(Cc1ccc(-c2ccc(O)c(C(=O)O)c2)cc1)Cc1ccc(C(F)(F)P(=O)(O)O)cc1. The van der Waals surface area contributed by atoms with Crippen molar-refractivity contribution in [2.75, 3.05) is 7.11 Å². The fraction of sp³-hybridized carbons (Fsp3) is 0.138. The Hall–Kier alpha value is -4.13. The molecular formula is C29H26F2NO9PS. The number of phenols is 1. The molecule has 0 atom stereocenters. The molecule has 0 aliphatic carbocycles.